The van der Waals surface area contributed by atoms with E-state index >= 15 is 0 Å². The van der Waals surface area contributed by atoms with Crippen molar-refractivity contribution in [3.63, 3.8) is 0 Å². The molecule has 2 aromatic heterocycles. The predicted molar refractivity (Wildman–Crippen MR) is 230 cm³/mol. The summed E-state index contributed by atoms with van der Waals surface area (Å²) in [6.07, 6.45) is 0. The van der Waals surface area contributed by atoms with E-state index in [0.29, 0.717) is 5.71 Å². The average molecular weight is 706 g/mol. The van der Waals surface area contributed by atoms with Gasteiger partial charge >= 0.3 is 0 Å². The van der Waals surface area contributed by atoms with E-state index in [-0.39, 0.29) is 0 Å². The molecule has 0 aliphatic heterocycles. The molecular formula is C51H31NOS. The predicted octanol–water partition coefficient (Wildman–Crippen LogP) is 14.7. The summed E-state index contributed by atoms with van der Waals surface area (Å²) in [4.78, 5) is 0. The topological polar surface area (TPSA) is 37.0 Å². The lowest BCUT2D eigenvalue weighted by Crippen LogP contribution is -2.00. The standard InChI is InChI=1S/C51H31NOS/c52-51(35-23-25-44-43-11-4-5-18-48(43)54-49(44)30-35)33-21-19-32(20-22-33)38-14-8-17-47-50(38)45-29-34(24-28-46(45)53-47)37-13-7-16-40-39-15-6-12-36(31-9-2-1-3-10-31)41(39)26-27-42(37)40/h1-30,52H. The minimum Gasteiger partial charge on any atom is -0.456 e. The molecule has 0 unspecified atom stereocenters. The van der Waals surface area contributed by atoms with Crippen LogP contribution >= 0.6 is 11.3 Å². The molecule has 0 atom stereocenters. The monoisotopic (exact) mass is 705 g/mol. The van der Waals surface area contributed by atoms with Gasteiger partial charge in [-0.2, -0.15) is 0 Å². The molecule has 0 saturated carbocycles. The molecule has 2 heterocycles. The molecule has 11 aromatic rings. The lowest BCUT2D eigenvalue weighted by atomic mass is 9.91. The summed E-state index contributed by atoms with van der Waals surface area (Å²) in [5, 5.41) is 18.8. The van der Waals surface area contributed by atoms with Crippen molar-refractivity contribution in [3.8, 4) is 33.4 Å². The van der Waals surface area contributed by atoms with E-state index in [1.54, 1.807) is 11.3 Å². The number of hydrogen-bond donors (Lipinski definition) is 1. The lowest BCUT2D eigenvalue weighted by Gasteiger charge is -2.13. The zero-order valence-electron chi connectivity index (χ0n) is 29.1. The summed E-state index contributed by atoms with van der Waals surface area (Å²) < 4.78 is 8.93. The molecular weight excluding hydrogens is 675 g/mol. The van der Waals surface area contributed by atoms with E-state index in [1.807, 2.05) is 0 Å². The normalized spacial score (nSPS) is 11.8. The largest absolute Gasteiger partial charge is 0.456 e. The summed E-state index contributed by atoms with van der Waals surface area (Å²) in [5.74, 6) is 0. The van der Waals surface area contributed by atoms with Gasteiger partial charge in [0.1, 0.15) is 11.2 Å². The van der Waals surface area contributed by atoms with Crippen LogP contribution in [0.25, 0.3) is 97.0 Å². The van der Waals surface area contributed by atoms with Gasteiger partial charge in [-0.3, -0.25) is 5.41 Å². The van der Waals surface area contributed by atoms with Crippen molar-refractivity contribution in [1.29, 1.82) is 5.41 Å². The van der Waals surface area contributed by atoms with Crippen LogP contribution in [0, 0.1) is 5.41 Å². The second kappa shape index (κ2) is 12.1. The fourth-order valence-corrected chi connectivity index (χ4v) is 9.49. The number of benzene rings is 9. The van der Waals surface area contributed by atoms with Crippen LogP contribution in [-0.4, -0.2) is 5.71 Å². The van der Waals surface area contributed by atoms with Gasteiger partial charge in [0.15, 0.2) is 0 Å². The maximum absolute atomic E-state index is 9.12. The van der Waals surface area contributed by atoms with Crippen molar-refractivity contribution in [2.75, 3.05) is 0 Å². The Morgan fingerprint density at radius 1 is 0.370 bits per heavy atom. The Kier molecular flexibility index (Phi) is 6.91. The van der Waals surface area contributed by atoms with Crippen LogP contribution in [0.2, 0.25) is 0 Å². The molecule has 0 fully saturated rings. The summed E-state index contributed by atoms with van der Waals surface area (Å²) in [5.41, 5.74) is 11.1. The fourth-order valence-electron chi connectivity index (χ4n) is 8.35. The highest BCUT2D eigenvalue weighted by molar-refractivity contribution is 7.25. The number of hydrogen-bond acceptors (Lipinski definition) is 3. The molecule has 11 rings (SSSR count). The Morgan fingerprint density at radius 3 is 1.76 bits per heavy atom. The maximum Gasteiger partial charge on any atom is 0.136 e. The van der Waals surface area contributed by atoms with Crippen LogP contribution in [0.3, 0.4) is 0 Å². The lowest BCUT2D eigenvalue weighted by molar-refractivity contribution is 0.669. The highest BCUT2D eigenvalue weighted by Crippen LogP contribution is 2.42. The number of rotatable bonds is 5. The van der Waals surface area contributed by atoms with Crippen molar-refractivity contribution < 1.29 is 4.42 Å². The first-order valence-electron chi connectivity index (χ1n) is 18.2. The number of nitrogens with one attached hydrogen (secondary N) is 1. The van der Waals surface area contributed by atoms with Gasteiger partial charge in [-0.15, -0.1) is 11.3 Å². The van der Waals surface area contributed by atoms with Crippen LogP contribution in [0.15, 0.2) is 186 Å². The summed E-state index contributed by atoms with van der Waals surface area (Å²) in [6.45, 7) is 0. The third-order valence-corrected chi connectivity index (χ3v) is 12.1. The summed E-state index contributed by atoms with van der Waals surface area (Å²) in [7, 11) is 0. The van der Waals surface area contributed by atoms with E-state index in [0.717, 1.165) is 49.8 Å². The van der Waals surface area contributed by atoms with Crippen LogP contribution in [0.5, 0.6) is 0 Å². The molecule has 0 saturated heterocycles. The van der Waals surface area contributed by atoms with Gasteiger partial charge in [0.25, 0.3) is 0 Å². The van der Waals surface area contributed by atoms with Crippen molar-refractivity contribution in [2.45, 2.75) is 0 Å². The third-order valence-electron chi connectivity index (χ3n) is 11.0. The van der Waals surface area contributed by atoms with E-state index in [1.165, 1.54) is 58.4 Å². The Morgan fingerprint density at radius 2 is 0.963 bits per heavy atom. The first kappa shape index (κ1) is 30.8. The molecule has 2 nitrogen and oxygen atoms in total. The first-order valence-corrected chi connectivity index (χ1v) is 19.1. The average Bonchev–Trinajstić information content (AvgIpc) is 3.81. The molecule has 0 bridgehead atoms. The maximum atomic E-state index is 9.12. The smallest absolute Gasteiger partial charge is 0.136 e. The minimum absolute atomic E-state index is 0.525. The van der Waals surface area contributed by atoms with Gasteiger partial charge in [-0.1, -0.05) is 152 Å². The fraction of sp³-hybridized carbons (Fsp3) is 0. The molecule has 1 N–H and O–H groups in total. The highest BCUT2D eigenvalue weighted by atomic mass is 32.1. The van der Waals surface area contributed by atoms with Crippen LogP contribution in [-0.2, 0) is 0 Å². The van der Waals surface area contributed by atoms with Gasteiger partial charge in [0.05, 0.1) is 5.71 Å². The Balaban J connectivity index is 0.980. The zero-order valence-corrected chi connectivity index (χ0v) is 30.0. The van der Waals surface area contributed by atoms with Crippen LogP contribution in [0.1, 0.15) is 11.1 Å². The van der Waals surface area contributed by atoms with Gasteiger partial charge in [-0.25, -0.2) is 0 Å². The van der Waals surface area contributed by atoms with E-state index in [4.69, 9.17) is 9.83 Å². The van der Waals surface area contributed by atoms with Crippen molar-refractivity contribution in [3.05, 3.63) is 193 Å². The molecule has 3 heteroatoms. The van der Waals surface area contributed by atoms with Gasteiger partial charge < -0.3 is 4.42 Å². The van der Waals surface area contributed by atoms with Gasteiger partial charge in [0, 0.05) is 42.1 Å². The Hall–Kier alpha value is -6.81. The van der Waals surface area contributed by atoms with Crippen molar-refractivity contribution >= 4 is 80.7 Å². The van der Waals surface area contributed by atoms with Crippen LogP contribution in [0.4, 0.5) is 0 Å². The quantitative estimate of drug-likeness (QED) is 0.140. The molecule has 0 aliphatic carbocycles. The number of thiophene rings is 1. The zero-order chi connectivity index (χ0) is 35.8. The molecule has 0 amide bonds. The highest BCUT2D eigenvalue weighted by Gasteiger charge is 2.16. The van der Waals surface area contributed by atoms with Crippen molar-refractivity contribution in [1.82, 2.24) is 0 Å². The minimum atomic E-state index is 0.525. The SMILES string of the molecule is N=C(c1ccc(-c2cccc3oc4ccc(-c5cccc6c5ccc5c(-c7ccccc7)cccc56)cc4c23)cc1)c1ccc2c(c1)sc1ccccc12. The first-order chi connectivity index (χ1) is 26.7. The Bertz CT molecular complexity index is 3280. The number of fused-ring (bicyclic) bond motifs is 9. The summed E-state index contributed by atoms with van der Waals surface area (Å²) in [6, 6.07) is 64.7. The van der Waals surface area contributed by atoms with Crippen LogP contribution < -0.4 is 0 Å². The molecule has 0 spiro atoms. The molecule has 0 radical (unpaired) electrons. The van der Waals surface area contributed by atoms with Crippen molar-refractivity contribution in [2.24, 2.45) is 0 Å². The van der Waals surface area contributed by atoms with E-state index in [2.05, 4.69) is 182 Å². The van der Waals surface area contributed by atoms with E-state index in [9.17, 15) is 0 Å². The molecule has 9 aromatic carbocycles. The Labute approximate surface area is 315 Å². The second-order valence-electron chi connectivity index (χ2n) is 14.0. The second-order valence-corrected chi connectivity index (χ2v) is 15.1. The molecule has 0 aliphatic rings. The van der Waals surface area contributed by atoms with Gasteiger partial charge in [-0.05, 0) is 85.3 Å². The van der Waals surface area contributed by atoms with E-state index < -0.39 is 0 Å². The third kappa shape index (κ3) is 4.83. The van der Waals surface area contributed by atoms with Gasteiger partial charge in [0.2, 0.25) is 0 Å². The molecule has 54 heavy (non-hydrogen) atoms. The summed E-state index contributed by atoms with van der Waals surface area (Å²) >= 11 is 1.79. The number of furan rings is 1. The molecule has 252 valence electrons.